The van der Waals surface area contributed by atoms with Gasteiger partial charge in [0.2, 0.25) is 0 Å². The average molecular weight is 377 g/mol. The first kappa shape index (κ1) is 18.8. The number of fused-ring (bicyclic) bond motifs is 1. The van der Waals surface area contributed by atoms with Crippen molar-refractivity contribution in [2.75, 3.05) is 14.2 Å². The zero-order chi connectivity index (χ0) is 19.5. The Balaban J connectivity index is 1.71. The van der Waals surface area contributed by atoms with E-state index in [2.05, 4.69) is 5.32 Å². The highest BCUT2D eigenvalue weighted by Crippen LogP contribution is 2.40. The second-order valence-corrected chi connectivity index (χ2v) is 7.59. The fourth-order valence-electron chi connectivity index (χ4n) is 4.28. The lowest BCUT2D eigenvalue weighted by atomic mass is 9.93. The fraction of sp³-hybridized carbons (Fsp3) is 0.375. The van der Waals surface area contributed by atoms with E-state index in [1.165, 1.54) is 32.1 Å². The molecule has 4 nitrogen and oxygen atoms in total. The average Bonchev–Trinajstić information content (AvgIpc) is 3.00. The number of methoxy groups -OCH3 is 2. The van der Waals surface area contributed by atoms with Crippen LogP contribution in [0, 0.1) is 0 Å². The van der Waals surface area contributed by atoms with Crippen molar-refractivity contribution in [2.45, 2.75) is 44.2 Å². The Morgan fingerprint density at radius 2 is 1.61 bits per heavy atom. The van der Waals surface area contributed by atoms with Gasteiger partial charge < -0.3 is 14.8 Å². The van der Waals surface area contributed by atoms with Crippen LogP contribution in [0.3, 0.4) is 0 Å². The molecule has 2 aliphatic rings. The molecule has 2 aliphatic carbocycles. The van der Waals surface area contributed by atoms with Gasteiger partial charge in [0, 0.05) is 17.2 Å². The van der Waals surface area contributed by atoms with E-state index in [1.807, 2.05) is 48.5 Å². The van der Waals surface area contributed by atoms with Crippen LogP contribution in [0.15, 0.2) is 48.0 Å². The van der Waals surface area contributed by atoms with E-state index in [0.29, 0.717) is 6.04 Å². The van der Waals surface area contributed by atoms with Gasteiger partial charge in [0.05, 0.1) is 20.3 Å². The Morgan fingerprint density at radius 1 is 0.929 bits per heavy atom. The van der Waals surface area contributed by atoms with Crippen molar-refractivity contribution in [1.82, 2.24) is 5.32 Å². The van der Waals surface area contributed by atoms with E-state index in [1.54, 1.807) is 14.2 Å². The van der Waals surface area contributed by atoms with E-state index in [-0.39, 0.29) is 11.8 Å². The third-order valence-electron chi connectivity index (χ3n) is 5.83. The van der Waals surface area contributed by atoms with Crippen LogP contribution in [0.1, 0.15) is 59.6 Å². The predicted octanol–water partition coefficient (Wildman–Crippen LogP) is 4.95. The summed E-state index contributed by atoms with van der Waals surface area (Å²) in [5, 5.41) is 3.78. The number of hydrogen-bond donors (Lipinski definition) is 1. The first-order valence-electron chi connectivity index (χ1n) is 10.0. The molecule has 2 aromatic carbocycles. The molecular formula is C24H27NO3. The molecule has 0 aliphatic heterocycles. The van der Waals surface area contributed by atoms with Crippen molar-refractivity contribution in [2.24, 2.45) is 0 Å². The monoisotopic (exact) mass is 377 g/mol. The molecule has 146 valence electrons. The molecule has 2 aromatic rings. The largest absolute Gasteiger partial charge is 0.497 e. The molecule has 4 heteroatoms. The van der Waals surface area contributed by atoms with Gasteiger partial charge in [-0.15, -0.1) is 0 Å². The highest BCUT2D eigenvalue weighted by atomic mass is 16.5. The molecule has 4 rings (SSSR count). The van der Waals surface area contributed by atoms with Crippen molar-refractivity contribution in [3.63, 3.8) is 0 Å². The van der Waals surface area contributed by atoms with E-state index >= 15 is 0 Å². The molecule has 0 radical (unpaired) electrons. The first-order valence-corrected chi connectivity index (χ1v) is 10.0. The second kappa shape index (κ2) is 8.19. The van der Waals surface area contributed by atoms with Crippen LogP contribution in [-0.4, -0.2) is 26.0 Å². The zero-order valence-electron chi connectivity index (χ0n) is 16.5. The summed E-state index contributed by atoms with van der Waals surface area (Å²) in [4.78, 5) is 13.2. The third kappa shape index (κ3) is 3.69. The molecule has 0 amide bonds. The number of carbonyl (C=O) groups excluding carboxylic acids is 1. The maximum absolute atomic E-state index is 13.2. The highest BCUT2D eigenvalue weighted by molar-refractivity contribution is 6.16. The summed E-state index contributed by atoms with van der Waals surface area (Å²) in [7, 11) is 3.32. The Morgan fingerprint density at radius 3 is 2.29 bits per heavy atom. The second-order valence-electron chi connectivity index (χ2n) is 7.59. The van der Waals surface area contributed by atoms with Crippen molar-refractivity contribution in [3.05, 3.63) is 64.7 Å². The van der Waals surface area contributed by atoms with Gasteiger partial charge in [-0.1, -0.05) is 31.4 Å². The van der Waals surface area contributed by atoms with Crippen LogP contribution < -0.4 is 14.8 Å². The van der Waals surface area contributed by atoms with Gasteiger partial charge >= 0.3 is 0 Å². The van der Waals surface area contributed by atoms with Gasteiger partial charge in [-0.05, 0) is 60.4 Å². The SMILES string of the molecule is COc1ccc(/C=C2/C(=O)c3ccc(OC)cc3C2NC2CCCCC2)cc1. The minimum Gasteiger partial charge on any atom is -0.497 e. The molecule has 0 bridgehead atoms. The molecule has 1 N–H and O–H groups in total. The Bertz CT molecular complexity index is 879. The molecule has 1 unspecified atom stereocenters. The lowest BCUT2D eigenvalue weighted by molar-refractivity contribution is 0.103. The number of carbonyl (C=O) groups is 1. The van der Waals surface area contributed by atoms with Crippen LogP contribution in [0.25, 0.3) is 6.08 Å². The van der Waals surface area contributed by atoms with Gasteiger partial charge in [0.25, 0.3) is 0 Å². The summed E-state index contributed by atoms with van der Waals surface area (Å²) < 4.78 is 10.7. The van der Waals surface area contributed by atoms with Gasteiger partial charge in [0.15, 0.2) is 5.78 Å². The normalized spacial score (nSPS) is 21.0. The number of nitrogens with one attached hydrogen (secondary N) is 1. The minimum absolute atomic E-state index is 0.0946. The number of benzene rings is 2. The highest BCUT2D eigenvalue weighted by Gasteiger charge is 2.36. The molecule has 0 heterocycles. The molecule has 0 spiro atoms. The number of ketones is 1. The molecule has 1 atom stereocenters. The van der Waals surface area contributed by atoms with Crippen LogP contribution in [0.5, 0.6) is 11.5 Å². The number of hydrogen-bond acceptors (Lipinski definition) is 4. The van der Waals surface area contributed by atoms with Crippen LogP contribution in [0.4, 0.5) is 0 Å². The van der Waals surface area contributed by atoms with E-state index in [4.69, 9.17) is 9.47 Å². The Labute approximate surface area is 166 Å². The molecule has 28 heavy (non-hydrogen) atoms. The lowest BCUT2D eigenvalue weighted by Crippen LogP contribution is -2.34. The van der Waals surface area contributed by atoms with Gasteiger partial charge in [-0.2, -0.15) is 0 Å². The van der Waals surface area contributed by atoms with Crippen LogP contribution in [0.2, 0.25) is 0 Å². The summed E-state index contributed by atoms with van der Waals surface area (Å²) in [6, 6.07) is 13.9. The molecular weight excluding hydrogens is 350 g/mol. The summed E-state index contributed by atoms with van der Waals surface area (Å²) in [5.41, 5.74) is 3.60. The molecule has 1 fully saturated rings. The quantitative estimate of drug-likeness (QED) is 0.749. The van der Waals surface area contributed by atoms with Crippen molar-refractivity contribution < 1.29 is 14.3 Å². The van der Waals surface area contributed by atoms with E-state index in [9.17, 15) is 4.79 Å². The number of Topliss-reactive ketones (excluding diaryl/α,β-unsaturated/α-hetero) is 1. The van der Waals surface area contributed by atoms with Gasteiger partial charge in [-0.3, -0.25) is 4.79 Å². The smallest absolute Gasteiger partial charge is 0.191 e. The van der Waals surface area contributed by atoms with Gasteiger partial charge in [-0.25, -0.2) is 0 Å². The summed E-state index contributed by atoms with van der Waals surface area (Å²) in [6.45, 7) is 0. The Hall–Kier alpha value is -2.59. The van der Waals surface area contributed by atoms with E-state index in [0.717, 1.165) is 33.8 Å². The standard InChI is InChI=1S/C24H27NO3/c1-27-18-10-8-16(9-11-18)14-22-23(25-17-6-4-3-5-7-17)21-15-19(28-2)12-13-20(21)24(22)26/h8-15,17,23,25H,3-7H2,1-2H3/b22-14+. The van der Waals surface area contributed by atoms with Crippen LogP contribution >= 0.6 is 0 Å². The van der Waals surface area contributed by atoms with Crippen LogP contribution in [-0.2, 0) is 0 Å². The summed E-state index contributed by atoms with van der Waals surface area (Å²) in [5.74, 6) is 1.69. The van der Waals surface area contributed by atoms with E-state index < -0.39 is 0 Å². The Kier molecular flexibility index (Phi) is 5.49. The molecule has 0 aromatic heterocycles. The van der Waals surface area contributed by atoms with Crippen molar-refractivity contribution in [1.29, 1.82) is 0 Å². The maximum atomic E-state index is 13.2. The summed E-state index contributed by atoms with van der Waals surface area (Å²) in [6.07, 6.45) is 8.15. The maximum Gasteiger partial charge on any atom is 0.191 e. The lowest BCUT2D eigenvalue weighted by Gasteiger charge is -2.27. The predicted molar refractivity (Wildman–Crippen MR) is 111 cm³/mol. The van der Waals surface area contributed by atoms with Crippen molar-refractivity contribution >= 4 is 11.9 Å². The fourth-order valence-corrected chi connectivity index (χ4v) is 4.28. The zero-order valence-corrected chi connectivity index (χ0v) is 16.5. The first-order chi connectivity index (χ1) is 13.7. The molecule has 1 saturated carbocycles. The number of rotatable bonds is 5. The topological polar surface area (TPSA) is 47.6 Å². The summed E-state index contributed by atoms with van der Waals surface area (Å²) >= 11 is 0. The molecule has 0 saturated heterocycles. The number of ether oxygens (including phenoxy) is 2. The third-order valence-corrected chi connectivity index (χ3v) is 5.83. The van der Waals surface area contributed by atoms with Crippen molar-refractivity contribution in [3.8, 4) is 11.5 Å². The minimum atomic E-state index is -0.0946. The van der Waals surface area contributed by atoms with Gasteiger partial charge in [0.1, 0.15) is 11.5 Å².